The van der Waals surface area contributed by atoms with Crippen LogP contribution in [0.1, 0.15) is 33.6 Å². The van der Waals surface area contributed by atoms with Crippen LogP contribution in [0.3, 0.4) is 0 Å². The second-order valence-corrected chi connectivity index (χ2v) is 4.75. The lowest BCUT2D eigenvalue weighted by Gasteiger charge is -2.17. The molecule has 0 heterocycles. The summed E-state index contributed by atoms with van der Waals surface area (Å²) in [6.07, 6.45) is 1.07. The van der Waals surface area contributed by atoms with E-state index < -0.39 is 0 Å². The predicted molar refractivity (Wildman–Crippen MR) is 71.0 cm³/mol. The van der Waals surface area contributed by atoms with Crippen LogP contribution < -0.4 is 16.4 Å². The average Bonchev–Trinajstić information content (AvgIpc) is 2.19. The van der Waals surface area contributed by atoms with Gasteiger partial charge in [-0.3, -0.25) is 9.59 Å². The average molecular weight is 266 g/mol. The molecule has 0 radical (unpaired) electrons. The van der Waals surface area contributed by atoms with Gasteiger partial charge in [0.05, 0.1) is 0 Å². The van der Waals surface area contributed by atoms with Gasteiger partial charge in [-0.15, -0.1) is 12.4 Å². The highest BCUT2D eigenvalue weighted by atomic mass is 35.5. The smallest absolute Gasteiger partial charge is 0.225 e. The molecule has 5 nitrogen and oxygen atoms in total. The Morgan fingerprint density at radius 3 is 2.18 bits per heavy atom. The number of halogens is 1. The summed E-state index contributed by atoms with van der Waals surface area (Å²) >= 11 is 0. The van der Waals surface area contributed by atoms with Crippen LogP contribution in [0.5, 0.6) is 0 Å². The molecule has 102 valence electrons. The van der Waals surface area contributed by atoms with Crippen LogP contribution in [0, 0.1) is 5.41 Å². The monoisotopic (exact) mass is 265 g/mol. The second kappa shape index (κ2) is 9.24. The highest BCUT2D eigenvalue weighted by Gasteiger charge is 2.20. The molecule has 17 heavy (non-hydrogen) atoms. The van der Waals surface area contributed by atoms with E-state index >= 15 is 0 Å². The van der Waals surface area contributed by atoms with Crippen molar-refractivity contribution in [2.24, 2.45) is 11.1 Å². The zero-order valence-electron chi connectivity index (χ0n) is 10.8. The number of carbonyl (C=O) groups excluding carboxylic acids is 2. The number of rotatable bonds is 6. The zero-order chi connectivity index (χ0) is 12.6. The summed E-state index contributed by atoms with van der Waals surface area (Å²) in [6.45, 7) is 7.06. The third-order valence-electron chi connectivity index (χ3n) is 2.01. The van der Waals surface area contributed by atoms with Gasteiger partial charge in [-0.25, -0.2) is 0 Å². The van der Waals surface area contributed by atoms with E-state index in [2.05, 4.69) is 10.6 Å². The first kappa shape index (κ1) is 18.6. The molecule has 4 N–H and O–H groups in total. The van der Waals surface area contributed by atoms with Crippen molar-refractivity contribution in [3.8, 4) is 0 Å². The Hall–Kier alpha value is -0.810. The molecule has 0 atom stereocenters. The van der Waals surface area contributed by atoms with Crippen molar-refractivity contribution in [2.75, 3.05) is 19.6 Å². The second-order valence-electron chi connectivity index (χ2n) is 4.75. The minimum Gasteiger partial charge on any atom is -0.356 e. The Kier molecular flexibility index (Phi) is 10.1. The lowest BCUT2D eigenvalue weighted by molar-refractivity contribution is -0.128. The molecule has 0 spiro atoms. The molecule has 0 aliphatic heterocycles. The number of hydrogen-bond acceptors (Lipinski definition) is 3. The summed E-state index contributed by atoms with van der Waals surface area (Å²) in [7, 11) is 0. The van der Waals surface area contributed by atoms with Gasteiger partial charge in [-0.2, -0.15) is 0 Å². The van der Waals surface area contributed by atoms with E-state index in [1.807, 2.05) is 20.8 Å². The number of nitrogens with one attached hydrogen (secondary N) is 2. The van der Waals surface area contributed by atoms with Crippen LogP contribution >= 0.6 is 12.4 Å². The van der Waals surface area contributed by atoms with E-state index in [1.165, 1.54) is 0 Å². The Morgan fingerprint density at radius 1 is 1.12 bits per heavy atom. The van der Waals surface area contributed by atoms with Gasteiger partial charge in [-0.1, -0.05) is 20.8 Å². The number of nitrogens with two attached hydrogens (primary N) is 1. The van der Waals surface area contributed by atoms with Crippen LogP contribution in [0.15, 0.2) is 0 Å². The van der Waals surface area contributed by atoms with Crippen molar-refractivity contribution in [3.63, 3.8) is 0 Å². The van der Waals surface area contributed by atoms with Crippen molar-refractivity contribution >= 4 is 24.2 Å². The molecular weight excluding hydrogens is 242 g/mol. The van der Waals surface area contributed by atoms with Gasteiger partial charge in [-0.05, 0) is 6.42 Å². The molecular formula is C11H24ClN3O2. The Balaban J connectivity index is 0. The van der Waals surface area contributed by atoms with Crippen LogP contribution in [-0.4, -0.2) is 31.4 Å². The maximum absolute atomic E-state index is 11.5. The van der Waals surface area contributed by atoms with E-state index in [0.717, 1.165) is 0 Å². The van der Waals surface area contributed by atoms with E-state index in [4.69, 9.17) is 5.73 Å². The van der Waals surface area contributed by atoms with E-state index in [9.17, 15) is 9.59 Å². The maximum Gasteiger partial charge on any atom is 0.225 e. The summed E-state index contributed by atoms with van der Waals surface area (Å²) in [4.78, 5) is 22.6. The molecule has 0 aliphatic rings. The van der Waals surface area contributed by atoms with Crippen LogP contribution in [-0.2, 0) is 9.59 Å². The number of amides is 2. The SMILES string of the molecule is CC(C)(C)C(=O)NCCCC(=O)NCCN.Cl. The third kappa shape index (κ3) is 10.1. The van der Waals surface area contributed by atoms with Gasteiger partial charge >= 0.3 is 0 Å². The largest absolute Gasteiger partial charge is 0.356 e. The predicted octanol–water partition coefficient (Wildman–Crippen LogP) is 0.426. The summed E-state index contributed by atoms with van der Waals surface area (Å²) in [5.41, 5.74) is 4.87. The topological polar surface area (TPSA) is 84.2 Å². The molecule has 0 rings (SSSR count). The molecule has 0 bridgehead atoms. The first-order chi connectivity index (χ1) is 7.38. The molecule has 2 amide bonds. The Morgan fingerprint density at radius 2 is 1.71 bits per heavy atom. The van der Waals surface area contributed by atoms with Crippen molar-refractivity contribution in [2.45, 2.75) is 33.6 Å². The standard InChI is InChI=1S/C11H23N3O2.ClH/c1-11(2,3)10(16)14-7-4-5-9(15)13-8-6-12;/h4-8,12H2,1-3H3,(H,13,15)(H,14,16);1H. The summed E-state index contributed by atoms with van der Waals surface area (Å²) in [6, 6.07) is 0. The van der Waals surface area contributed by atoms with Gasteiger partial charge in [0.1, 0.15) is 0 Å². The zero-order valence-corrected chi connectivity index (χ0v) is 11.7. The summed E-state index contributed by atoms with van der Waals surface area (Å²) in [5, 5.41) is 5.46. The molecule has 6 heteroatoms. The van der Waals surface area contributed by atoms with E-state index in [0.29, 0.717) is 32.5 Å². The van der Waals surface area contributed by atoms with Gasteiger partial charge in [0, 0.05) is 31.5 Å². The molecule has 0 aromatic carbocycles. The van der Waals surface area contributed by atoms with Gasteiger partial charge < -0.3 is 16.4 Å². The maximum atomic E-state index is 11.5. The van der Waals surface area contributed by atoms with Crippen molar-refractivity contribution in [3.05, 3.63) is 0 Å². The lowest BCUT2D eigenvalue weighted by atomic mass is 9.96. The highest BCUT2D eigenvalue weighted by Crippen LogP contribution is 2.12. The Bertz CT molecular complexity index is 239. The fraction of sp³-hybridized carbons (Fsp3) is 0.818. The first-order valence-electron chi connectivity index (χ1n) is 5.63. The van der Waals surface area contributed by atoms with Crippen LogP contribution in [0.25, 0.3) is 0 Å². The van der Waals surface area contributed by atoms with Gasteiger partial charge in [0.15, 0.2) is 0 Å². The molecule has 0 aromatic heterocycles. The quantitative estimate of drug-likeness (QED) is 0.609. The van der Waals surface area contributed by atoms with Crippen LogP contribution in [0.2, 0.25) is 0 Å². The molecule has 0 saturated carbocycles. The molecule has 0 fully saturated rings. The minimum atomic E-state index is -0.373. The van der Waals surface area contributed by atoms with Crippen molar-refractivity contribution < 1.29 is 9.59 Å². The van der Waals surface area contributed by atoms with Crippen molar-refractivity contribution in [1.29, 1.82) is 0 Å². The molecule has 0 saturated heterocycles. The third-order valence-corrected chi connectivity index (χ3v) is 2.01. The highest BCUT2D eigenvalue weighted by molar-refractivity contribution is 5.85. The fourth-order valence-corrected chi connectivity index (χ4v) is 1.02. The van der Waals surface area contributed by atoms with E-state index in [-0.39, 0.29) is 29.6 Å². The molecule has 0 unspecified atom stereocenters. The van der Waals surface area contributed by atoms with Gasteiger partial charge in [0.25, 0.3) is 0 Å². The fourth-order valence-electron chi connectivity index (χ4n) is 1.02. The number of hydrogen-bond donors (Lipinski definition) is 3. The minimum absolute atomic E-state index is 0. The first-order valence-corrected chi connectivity index (χ1v) is 5.63. The summed E-state index contributed by atoms with van der Waals surface area (Å²) in [5.74, 6) is -0.00896. The molecule has 0 aromatic rings. The van der Waals surface area contributed by atoms with Gasteiger partial charge in [0.2, 0.25) is 11.8 Å². The normalized spacial score (nSPS) is 10.4. The van der Waals surface area contributed by atoms with Crippen LogP contribution in [0.4, 0.5) is 0 Å². The van der Waals surface area contributed by atoms with Crippen molar-refractivity contribution in [1.82, 2.24) is 10.6 Å². The number of carbonyl (C=O) groups is 2. The summed E-state index contributed by atoms with van der Waals surface area (Å²) < 4.78 is 0. The lowest BCUT2D eigenvalue weighted by Crippen LogP contribution is -2.36. The van der Waals surface area contributed by atoms with E-state index in [1.54, 1.807) is 0 Å². The molecule has 0 aliphatic carbocycles. The Labute approximate surface area is 109 Å².